The van der Waals surface area contributed by atoms with Crippen LogP contribution in [0.3, 0.4) is 0 Å². The lowest BCUT2D eigenvalue weighted by molar-refractivity contribution is -0.657. The average Bonchev–Trinajstić information content (AvgIpc) is 2.93. The van der Waals surface area contributed by atoms with Crippen molar-refractivity contribution in [3.63, 3.8) is 0 Å². The van der Waals surface area contributed by atoms with Crippen LogP contribution >= 0.6 is 11.6 Å². The highest BCUT2D eigenvalue weighted by molar-refractivity contribution is 6.21. The predicted molar refractivity (Wildman–Crippen MR) is 103 cm³/mol. The van der Waals surface area contributed by atoms with Crippen LogP contribution in [-0.4, -0.2) is 34.6 Å². The molecule has 1 heterocycles. The highest BCUT2D eigenvalue weighted by atomic mass is 35.5. The lowest BCUT2D eigenvalue weighted by atomic mass is 10.2. The minimum Gasteiger partial charge on any atom is -0.369 e. The van der Waals surface area contributed by atoms with Crippen LogP contribution in [0.4, 0.5) is 17.3 Å². The second-order valence-corrected chi connectivity index (χ2v) is 6.52. The van der Waals surface area contributed by atoms with Crippen molar-refractivity contribution in [1.29, 1.82) is 0 Å². The lowest BCUT2D eigenvalue weighted by Crippen LogP contribution is -2.27. The maximum absolute atomic E-state index is 6.39. The van der Waals surface area contributed by atoms with E-state index in [9.17, 15) is 0 Å². The van der Waals surface area contributed by atoms with Crippen molar-refractivity contribution < 1.29 is 4.57 Å². The summed E-state index contributed by atoms with van der Waals surface area (Å²) >= 11 is 6.39. The molecule has 0 spiro atoms. The molecule has 0 amide bonds. The van der Waals surface area contributed by atoms with Crippen LogP contribution in [0.15, 0.2) is 46.9 Å². The van der Waals surface area contributed by atoms with Gasteiger partial charge in [0, 0.05) is 17.3 Å². The van der Waals surface area contributed by atoms with E-state index < -0.39 is 0 Å². The molecule has 1 unspecified atom stereocenters. The second-order valence-electron chi connectivity index (χ2n) is 5.99. The third kappa shape index (κ3) is 5.83. The van der Waals surface area contributed by atoms with Crippen LogP contribution in [-0.2, 0) is 14.1 Å². The number of imidazole rings is 1. The molecule has 0 saturated carbocycles. The first kappa shape index (κ1) is 19.4. The van der Waals surface area contributed by atoms with Gasteiger partial charge in [0.05, 0.1) is 26.5 Å². The summed E-state index contributed by atoms with van der Waals surface area (Å²) in [5.74, 6) is 0.791. The minimum absolute atomic E-state index is 0.0875. The van der Waals surface area contributed by atoms with Crippen molar-refractivity contribution in [1.82, 2.24) is 9.47 Å². The van der Waals surface area contributed by atoms with Crippen LogP contribution in [0.2, 0.25) is 0 Å². The fourth-order valence-electron chi connectivity index (χ4n) is 2.54. The Hall–Kier alpha value is -1.92. The SMILES string of the molecule is CCN(CC)CCC(Cl)Nc1ccc(/N=N/c2n(C)cc[n+]2C)cc1. The Bertz CT molecular complexity index is 656. The van der Waals surface area contributed by atoms with Gasteiger partial charge in [-0.05, 0) is 43.8 Å². The number of rotatable bonds is 9. The fraction of sp³-hybridized carbons (Fsp3) is 0.500. The lowest BCUT2D eigenvalue weighted by Gasteiger charge is -2.20. The summed E-state index contributed by atoms with van der Waals surface area (Å²) in [5.41, 5.74) is 1.71. The molecule has 136 valence electrons. The van der Waals surface area contributed by atoms with Gasteiger partial charge in [-0.15, -0.1) is 0 Å². The molecule has 0 fully saturated rings. The molecule has 0 aliphatic heterocycles. The number of halogens is 1. The predicted octanol–water partition coefficient (Wildman–Crippen LogP) is 3.97. The number of aryl methyl sites for hydroxylation is 2. The molecule has 1 aromatic carbocycles. The van der Waals surface area contributed by atoms with Gasteiger partial charge in [0.15, 0.2) is 0 Å². The van der Waals surface area contributed by atoms with Crippen LogP contribution in [0.5, 0.6) is 0 Å². The van der Waals surface area contributed by atoms with E-state index >= 15 is 0 Å². The van der Waals surface area contributed by atoms with Crippen molar-refractivity contribution >= 4 is 28.9 Å². The van der Waals surface area contributed by atoms with E-state index in [1.807, 2.05) is 59.9 Å². The largest absolute Gasteiger partial charge is 0.421 e. The Kier molecular flexibility index (Phi) is 7.40. The molecule has 1 atom stereocenters. The van der Waals surface area contributed by atoms with Gasteiger partial charge in [0.1, 0.15) is 11.2 Å². The van der Waals surface area contributed by atoms with Crippen LogP contribution < -0.4 is 9.88 Å². The third-order valence-electron chi connectivity index (χ3n) is 4.18. The highest BCUT2D eigenvalue weighted by Crippen LogP contribution is 2.20. The topological polar surface area (TPSA) is 48.8 Å². The molecule has 2 aromatic rings. The average molecular weight is 364 g/mol. The van der Waals surface area contributed by atoms with Crippen molar-refractivity contribution in [2.45, 2.75) is 25.8 Å². The molecular formula is C18H28ClN6+. The summed E-state index contributed by atoms with van der Waals surface area (Å²) in [7, 11) is 3.89. The quantitative estimate of drug-likeness (QED) is 0.317. The molecular weight excluding hydrogens is 336 g/mol. The Morgan fingerprint density at radius 2 is 1.88 bits per heavy atom. The first-order valence-corrected chi connectivity index (χ1v) is 9.12. The van der Waals surface area contributed by atoms with Gasteiger partial charge in [-0.1, -0.05) is 30.6 Å². The van der Waals surface area contributed by atoms with Gasteiger partial charge in [0.2, 0.25) is 0 Å². The van der Waals surface area contributed by atoms with Gasteiger partial charge in [-0.2, -0.15) is 0 Å². The molecule has 0 radical (unpaired) electrons. The van der Waals surface area contributed by atoms with Crippen molar-refractivity contribution in [2.75, 3.05) is 25.0 Å². The number of hydrogen-bond donors (Lipinski definition) is 1. The second kappa shape index (κ2) is 9.53. The summed E-state index contributed by atoms with van der Waals surface area (Å²) < 4.78 is 3.85. The standard InChI is InChI=1S/C18H27ClN6/c1-5-25(6-2)12-11-17(19)20-15-7-9-16(10-8-15)21-22-18-23(3)13-14-24(18)4/h7-10,13-14,17H,5-6,11-12H2,1-4H3/p+1. The van der Waals surface area contributed by atoms with Gasteiger partial charge >= 0.3 is 5.95 Å². The van der Waals surface area contributed by atoms with E-state index in [0.717, 1.165) is 43.4 Å². The minimum atomic E-state index is -0.0875. The number of azo groups is 1. The fourth-order valence-corrected chi connectivity index (χ4v) is 2.76. The zero-order valence-electron chi connectivity index (χ0n) is 15.5. The monoisotopic (exact) mass is 363 g/mol. The number of benzene rings is 1. The van der Waals surface area contributed by atoms with Gasteiger partial charge in [-0.25, -0.2) is 9.13 Å². The van der Waals surface area contributed by atoms with Gasteiger partial charge in [-0.3, -0.25) is 0 Å². The Labute approximate surface area is 155 Å². The zero-order chi connectivity index (χ0) is 18.2. The van der Waals surface area contributed by atoms with Crippen LogP contribution in [0.25, 0.3) is 0 Å². The number of nitrogens with zero attached hydrogens (tertiary/aromatic N) is 5. The van der Waals surface area contributed by atoms with Crippen molar-refractivity contribution in [3.05, 3.63) is 36.7 Å². The maximum Gasteiger partial charge on any atom is 0.421 e. The smallest absolute Gasteiger partial charge is 0.369 e. The molecule has 6 nitrogen and oxygen atoms in total. The number of alkyl halides is 1. The summed E-state index contributed by atoms with van der Waals surface area (Å²) in [5, 5.41) is 11.9. The van der Waals surface area contributed by atoms with Crippen molar-refractivity contribution in [2.24, 2.45) is 24.3 Å². The Morgan fingerprint density at radius 1 is 1.20 bits per heavy atom. The van der Waals surface area contributed by atoms with Gasteiger partial charge < -0.3 is 10.2 Å². The van der Waals surface area contributed by atoms with E-state index in [1.54, 1.807) is 0 Å². The summed E-state index contributed by atoms with van der Waals surface area (Å²) in [6.45, 7) is 7.44. The molecule has 0 aliphatic carbocycles. The first-order valence-electron chi connectivity index (χ1n) is 8.69. The number of anilines is 1. The van der Waals surface area contributed by atoms with E-state index in [4.69, 9.17) is 11.6 Å². The molecule has 7 heteroatoms. The molecule has 1 aromatic heterocycles. The maximum atomic E-state index is 6.39. The van der Waals surface area contributed by atoms with Crippen molar-refractivity contribution in [3.8, 4) is 0 Å². The number of hydrogen-bond acceptors (Lipinski definition) is 4. The van der Waals surface area contributed by atoms with E-state index in [2.05, 4.69) is 34.3 Å². The zero-order valence-corrected chi connectivity index (χ0v) is 16.2. The normalized spacial score (nSPS) is 12.9. The van der Waals surface area contributed by atoms with Gasteiger partial charge in [0.25, 0.3) is 0 Å². The Morgan fingerprint density at radius 3 is 2.44 bits per heavy atom. The summed E-state index contributed by atoms with van der Waals surface area (Å²) in [4.78, 5) is 2.37. The summed E-state index contributed by atoms with van der Waals surface area (Å²) in [6, 6.07) is 7.82. The molecule has 0 saturated heterocycles. The molecule has 0 bridgehead atoms. The molecule has 1 N–H and O–H groups in total. The van der Waals surface area contributed by atoms with E-state index in [0.29, 0.717) is 0 Å². The number of nitrogens with one attached hydrogen (secondary N) is 1. The third-order valence-corrected chi connectivity index (χ3v) is 4.51. The van der Waals surface area contributed by atoms with Crippen LogP contribution in [0.1, 0.15) is 20.3 Å². The number of aromatic nitrogens is 2. The molecule has 0 aliphatic rings. The summed E-state index contributed by atoms with van der Waals surface area (Å²) in [6.07, 6.45) is 4.79. The van der Waals surface area contributed by atoms with E-state index in [1.165, 1.54) is 0 Å². The first-order chi connectivity index (χ1) is 12.0. The molecule has 25 heavy (non-hydrogen) atoms. The highest BCUT2D eigenvalue weighted by Gasteiger charge is 2.10. The van der Waals surface area contributed by atoms with E-state index in [-0.39, 0.29) is 5.50 Å². The Balaban J connectivity index is 1.89. The van der Waals surface area contributed by atoms with Crippen LogP contribution in [0, 0.1) is 0 Å². The molecule has 2 rings (SSSR count).